The van der Waals surface area contributed by atoms with Crippen LogP contribution in [-0.2, 0) is 29.2 Å². The summed E-state index contributed by atoms with van der Waals surface area (Å²) in [6, 6.07) is 18.5. The largest absolute Gasteiger partial charge is 0.388 e. The van der Waals surface area contributed by atoms with Gasteiger partial charge in [-0.2, -0.15) is 0 Å². The molecular weight excluding hydrogens is 578 g/mol. The Kier molecular flexibility index (Phi) is 8.26. The minimum atomic E-state index is -1.20. The molecule has 1 N–H and O–H groups in total. The van der Waals surface area contributed by atoms with E-state index in [4.69, 9.17) is 0 Å². The third-order valence-electron chi connectivity index (χ3n) is 9.18. The summed E-state index contributed by atoms with van der Waals surface area (Å²) in [4.78, 5) is 49.2. The highest BCUT2D eigenvalue weighted by Gasteiger charge is 2.41. The number of hydrogen-bond acceptors (Lipinski definition) is 6. The van der Waals surface area contributed by atoms with Crippen molar-refractivity contribution in [1.29, 1.82) is 0 Å². The van der Waals surface area contributed by atoms with Gasteiger partial charge in [0.15, 0.2) is 0 Å². The summed E-state index contributed by atoms with van der Waals surface area (Å²) >= 11 is 0. The summed E-state index contributed by atoms with van der Waals surface area (Å²) in [7, 11) is 0.637. The van der Waals surface area contributed by atoms with E-state index in [9.17, 15) is 23.7 Å². The molecule has 2 aromatic heterocycles. The van der Waals surface area contributed by atoms with Crippen molar-refractivity contribution in [2.45, 2.75) is 42.2 Å². The number of amides is 2. The molecule has 44 heavy (non-hydrogen) atoms. The Morgan fingerprint density at radius 1 is 1.02 bits per heavy atom. The van der Waals surface area contributed by atoms with Crippen LogP contribution in [0.5, 0.6) is 0 Å². The van der Waals surface area contributed by atoms with E-state index in [2.05, 4.69) is 4.98 Å². The molecule has 0 bridgehead atoms. The van der Waals surface area contributed by atoms with Crippen LogP contribution >= 0.6 is 0 Å². The standard InChI is InChI=1S/C33H37N5O5S/c1-35-15-11-27-29(35)34-22-38(32(27)41)21-33(42)13-17-36(18-14-33)31(40)26-12-16-37(20-28(26)23-7-4-3-5-8-23)30(39)24-9-6-10-25(19-24)44(2)43/h3-11,15,19,22,26,28,42H,12-14,16-18,20-21H2,1-2H3/t26-,28+,44?/m1/s1. The zero-order valence-corrected chi connectivity index (χ0v) is 25.8. The highest BCUT2D eigenvalue weighted by Crippen LogP contribution is 2.36. The predicted octanol–water partition coefficient (Wildman–Crippen LogP) is 2.77. The minimum absolute atomic E-state index is 0.0286. The fraction of sp³-hybridized carbons (Fsp3) is 0.394. The molecule has 0 spiro atoms. The Morgan fingerprint density at radius 3 is 2.50 bits per heavy atom. The minimum Gasteiger partial charge on any atom is -0.388 e. The van der Waals surface area contributed by atoms with Crippen LogP contribution in [0.2, 0.25) is 0 Å². The van der Waals surface area contributed by atoms with Crippen molar-refractivity contribution >= 4 is 33.6 Å². The van der Waals surface area contributed by atoms with Crippen LogP contribution in [0, 0.1) is 5.92 Å². The molecule has 0 aliphatic carbocycles. The lowest BCUT2D eigenvalue weighted by Crippen LogP contribution is -2.53. The molecule has 6 rings (SSSR count). The van der Waals surface area contributed by atoms with Crippen LogP contribution in [0.1, 0.15) is 41.1 Å². The molecule has 11 heteroatoms. The third-order valence-corrected chi connectivity index (χ3v) is 10.1. The van der Waals surface area contributed by atoms with Crippen molar-refractivity contribution in [3.05, 3.63) is 94.7 Å². The maximum absolute atomic E-state index is 14.0. The van der Waals surface area contributed by atoms with Gasteiger partial charge in [0, 0.05) is 78.8 Å². The zero-order valence-electron chi connectivity index (χ0n) is 25.0. The molecule has 10 nitrogen and oxygen atoms in total. The van der Waals surface area contributed by atoms with E-state index in [1.807, 2.05) is 42.3 Å². The van der Waals surface area contributed by atoms with E-state index in [1.54, 1.807) is 52.3 Å². The number of nitrogens with zero attached hydrogens (tertiary/aromatic N) is 5. The highest BCUT2D eigenvalue weighted by atomic mass is 32.2. The van der Waals surface area contributed by atoms with Gasteiger partial charge in [-0.15, -0.1) is 0 Å². The van der Waals surface area contributed by atoms with Crippen molar-refractivity contribution in [3.63, 3.8) is 0 Å². The number of carbonyl (C=O) groups excluding carboxylic acids is 2. The monoisotopic (exact) mass is 615 g/mol. The second kappa shape index (κ2) is 12.1. The van der Waals surface area contributed by atoms with Crippen LogP contribution in [0.4, 0.5) is 0 Å². The lowest BCUT2D eigenvalue weighted by atomic mass is 9.79. The molecule has 0 saturated carbocycles. The maximum atomic E-state index is 14.0. The second-order valence-corrected chi connectivity index (χ2v) is 13.4. The van der Waals surface area contributed by atoms with Gasteiger partial charge < -0.3 is 19.5 Å². The molecule has 2 aromatic carbocycles. The van der Waals surface area contributed by atoms with Crippen LogP contribution < -0.4 is 5.56 Å². The van der Waals surface area contributed by atoms with Crippen molar-refractivity contribution in [2.24, 2.45) is 13.0 Å². The molecule has 2 aliphatic rings. The number of aromatic nitrogens is 3. The van der Waals surface area contributed by atoms with Crippen LogP contribution in [-0.4, -0.2) is 83.1 Å². The summed E-state index contributed by atoms with van der Waals surface area (Å²) in [6.45, 7) is 1.72. The van der Waals surface area contributed by atoms with Gasteiger partial charge in [-0.1, -0.05) is 36.4 Å². The van der Waals surface area contributed by atoms with Crippen LogP contribution in [0.25, 0.3) is 11.0 Å². The molecule has 2 amide bonds. The molecule has 230 valence electrons. The van der Waals surface area contributed by atoms with Gasteiger partial charge in [0.05, 0.1) is 17.5 Å². The molecule has 4 heterocycles. The summed E-state index contributed by atoms with van der Waals surface area (Å²) in [5, 5.41) is 11.9. The number of piperidine rings is 2. The molecule has 2 fully saturated rings. The van der Waals surface area contributed by atoms with Gasteiger partial charge in [-0.05, 0) is 49.1 Å². The van der Waals surface area contributed by atoms with Crippen molar-refractivity contribution in [3.8, 4) is 0 Å². The smallest absolute Gasteiger partial charge is 0.262 e. The molecular formula is C33H37N5O5S. The number of rotatable bonds is 6. The lowest BCUT2D eigenvalue weighted by Gasteiger charge is -2.43. The number of aliphatic hydroxyl groups is 1. The molecule has 2 aliphatic heterocycles. The van der Waals surface area contributed by atoms with E-state index in [0.29, 0.717) is 66.9 Å². The Labute approximate surface area is 258 Å². The second-order valence-electron chi connectivity index (χ2n) is 12.0. The van der Waals surface area contributed by atoms with Gasteiger partial charge in [-0.3, -0.25) is 23.2 Å². The first-order valence-corrected chi connectivity index (χ1v) is 16.5. The third kappa shape index (κ3) is 5.86. The number of benzene rings is 2. The van der Waals surface area contributed by atoms with Gasteiger partial charge in [0.2, 0.25) is 5.91 Å². The fourth-order valence-electron chi connectivity index (χ4n) is 6.61. The quantitative estimate of drug-likeness (QED) is 0.357. The van der Waals surface area contributed by atoms with Gasteiger partial charge in [0.25, 0.3) is 11.5 Å². The molecule has 3 atom stereocenters. The number of hydrogen-bond donors (Lipinski definition) is 1. The SMILES string of the molecule is Cn1ccc2c(=O)n(CC3(O)CCN(C(=O)[C@@H]4CCN(C(=O)c5cccc(S(C)=O)c5)C[C@H]4c4ccccc4)CC3)cnc21. The topological polar surface area (TPSA) is 118 Å². The molecule has 0 radical (unpaired) electrons. The Bertz CT molecular complexity index is 1780. The summed E-state index contributed by atoms with van der Waals surface area (Å²) < 4.78 is 15.3. The number of carbonyl (C=O) groups is 2. The van der Waals surface area contributed by atoms with Gasteiger partial charge in [0.1, 0.15) is 12.0 Å². The van der Waals surface area contributed by atoms with E-state index in [1.165, 1.54) is 10.9 Å². The fourth-order valence-corrected chi connectivity index (χ4v) is 7.17. The molecule has 4 aromatic rings. The molecule has 1 unspecified atom stereocenters. The van der Waals surface area contributed by atoms with Crippen LogP contribution in [0.15, 0.2) is 82.9 Å². The zero-order chi connectivity index (χ0) is 31.0. The van der Waals surface area contributed by atoms with Gasteiger partial charge in [-0.25, -0.2) is 4.98 Å². The van der Waals surface area contributed by atoms with Crippen LogP contribution in [0.3, 0.4) is 0 Å². The highest BCUT2D eigenvalue weighted by molar-refractivity contribution is 7.84. The number of aryl methyl sites for hydroxylation is 1. The van der Waals surface area contributed by atoms with E-state index in [-0.39, 0.29) is 35.8 Å². The summed E-state index contributed by atoms with van der Waals surface area (Å²) in [5.41, 5.74) is 0.777. The summed E-state index contributed by atoms with van der Waals surface area (Å²) in [6.07, 6.45) is 6.08. The van der Waals surface area contributed by atoms with Crippen molar-refractivity contribution < 1.29 is 18.9 Å². The first-order chi connectivity index (χ1) is 21.1. The average molecular weight is 616 g/mol. The Hall–Kier alpha value is -4.09. The predicted molar refractivity (Wildman–Crippen MR) is 168 cm³/mol. The van der Waals surface area contributed by atoms with E-state index in [0.717, 1.165) is 5.56 Å². The van der Waals surface area contributed by atoms with Gasteiger partial charge >= 0.3 is 0 Å². The molecule has 2 saturated heterocycles. The first-order valence-electron chi connectivity index (χ1n) is 14.9. The summed E-state index contributed by atoms with van der Waals surface area (Å²) in [5.74, 6) is -0.603. The van der Waals surface area contributed by atoms with Crippen molar-refractivity contribution in [2.75, 3.05) is 32.4 Å². The average Bonchev–Trinajstić information content (AvgIpc) is 3.43. The maximum Gasteiger partial charge on any atom is 0.262 e. The van der Waals surface area contributed by atoms with E-state index < -0.39 is 16.4 Å². The number of fused-ring (bicyclic) bond motifs is 1. The Morgan fingerprint density at radius 2 is 1.77 bits per heavy atom. The number of likely N-dealkylation sites (tertiary alicyclic amines) is 2. The van der Waals surface area contributed by atoms with E-state index >= 15 is 0 Å². The Balaban J connectivity index is 1.16. The van der Waals surface area contributed by atoms with Crippen molar-refractivity contribution in [1.82, 2.24) is 23.9 Å². The first kappa shape index (κ1) is 30.0. The lowest BCUT2D eigenvalue weighted by molar-refractivity contribution is -0.142. The normalized spacial score (nSPS) is 20.9.